The number of carbonyl (C=O) groups is 1. The molecule has 0 saturated carbocycles. The Morgan fingerprint density at radius 2 is 1.92 bits per heavy atom. The lowest BCUT2D eigenvalue weighted by molar-refractivity contribution is 0.0776. The van der Waals surface area contributed by atoms with E-state index < -0.39 is 17.0 Å². The Hall–Kier alpha value is -3.21. The highest BCUT2D eigenvalue weighted by Crippen LogP contribution is 2.48. The summed E-state index contributed by atoms with van der Waals surface area (Å²) in [5.74, 6) is -2.18. The van der Waals surface area contributed by atoms with Crippen LogP contribution in [0.5, 0.6) is 0 Å². The molecule has 1 fully saturated rings. The molecule has 1 aliphatic heterocycles. The first-order valence-electron chi connectivity index (χ1n) is 11.3. The molecule has 0 N–H and O–H groups in total. The second-order valence-corrected chi connectivity index (χ2v) is 10.7. The molecule has 182 valence electrons. The van der Waals surface area contributed by atoms with Gasteiger partial charge in [0.2, 0.25) is 0 Å². The molecule has 0 bridgehead atoms. The number of aromatic nitrogens is 3. The molecule has 1 aliphatic carbocycles. The molecule has 2 aliphatic rings. The molecule has 6 rings (SSSR count). The summed E-state index contributed by atoms with van der Waals surface area (Å²) in [6.07, 6.45) is 4.82. The third-order valence-electron chi connectivity index (χ3n) is 6.68. The standard InChI is InChI=1S/C26H19F3N4OS2/c27-18-1-3-19(4-2-18)33-24-9-17-7-8-32(36-20-5-6-21(28)22(29)10-20)14-26(17,11-16(24)12-31-33)25(34)23-13-35-15-30-23/h1-6,9-10,12-13,15H,7-8,11,14H2. The van der Waals surface area contributed by atoms with Crippen molar-refractivity contribution in [1.82, 2.24) is 19.1 Å². The van der Waals surface area contributed by atoms with E-state index in [1.165, 1.54) is 47.6 Å². The Bertz CT molecular complexity index is 1480. The highest BCUT2D eigenvalue weighted by Gasteiger charge is 2.49. The maximum atomic E-state index is 13.9. The van der Waals surface area contributed by atoms with E-state index in [0.29, 0.717) is 36.5 Å². The van der Waals surface area contributed by atoms with Crippen molar-refractivity contribution >= 4 is 35.1 Å². The number of rotatable bonds is 5. The van der Waals surface area contributed by atoms with Crippen LogP contribution in [0.3, 0.4) is 0 Å². The first-order chi connectivity index (χ1) is 17.4. The topological polar surface area (TPSA) is 51.0 Å². The summed E-state index contributed by atoms with van der Waals surface area (Å²) >= 11 is 2.68. The van der Waals surface area contributed by atoms with Crippen LogP contribution in [-0.4, -0.2) is 37.9 Å². The number of carbonyl (C=O) groups excluding carboxylic acids is 1. The molecule has 5 nitrogen and oxygen atoms in total. The monoisotopic (exact) mass is 524 g/mol. The van der Waals surface area contributed by atoms with Gasteiger partial charge in [0, 0.05) is 23.4 Å². The zero-order valence-corrected chi connectivity index (χ0v) is 20.5. The first-order valence-corrected chi connectivity index (χ1v) is 13.0. The molecule has 36 heavy (non-hydrogen) atoms. The zero-order valence-electron chi connectivity index (χ0n) is 18.8. The number of hydrogen-bond donors (Lipinski definition) is 0. The van der Waals surface area contributed by atoms with Gasteiger partial charge in [-0.15, -0.1) is 11.3 Å². The van der Waals surface area contributed by atoms with Gasteiger partial charge in [-0.3, -0.25) is 4.79 Å². The molecule has 2 aromatic heterocycles. The van der Waals surface area contributed by atoms with Gasteiger partial charge < -0.3 is 0 Å². The molecule has 10 heteroatoms. The lowest BCUT2D eigenvalue weighted by Crippen LogP contribution is -2.49. The summed E-state index contributed by atoms with van der Waals surface area (Å²) in [5, 5.41) is 6.30. The van der Waals surface area contributed by atoms with Crippen molar-refractivity contribution < 1.29 is 18.0 Å². The highest BCUT2D eigenvalue weighted by atomic mass is 32.2. The van der Waals surface area contributed by atoms with Crippen molar-refractivity contribution in [1.29, 1.82) is 0 Å². The van der Waals surface area contributed by atoms with Crippen LogP contribution in [0.1, 0.15) is 28.2 Å². The summed E-state index contributed by atoms with van der Waals surface area (Å²) in [4.78, 5) is 18.8. The van der Waals surface area contributed by atoms with Crippen LogP contribution in [0.4, 0.5) is 13.2 Å². The number of ketones is 1. The van der Waals surface area contributed by atoms with Crippen LogP contribution in [0, 0.1) is 22.9 Å². The van der Waals surface area contributed by atoms with Crippen LogP contribution in [0.15, 0.2) is 70.0 Å². The van der Waals surface area contributed by atoms with Crippen molar-refractivity contribution in [3.05, 3.63) is 99.5 Å². The number of Topliss-reactive ketones (excluding diaryl/α,β-unsaturated/α-hetero) is 1. The second kappa shape index (κ2) is 9.02. The second-order valence-electron chi connectivity index (χ2n) is 8.86. The van der Waals surface area contributed by atoms with Gasteiger partial charge in [0.25, 0.3) is 0 Å². The molecule has 0 spiro atoms. The molecule has 1 atom stereocenters. The Morgan fingerprint density at radius 1 is 1.08 bits per heavy atom. The minimum Gasteiger partial charge on any atom is -0.291 e. The van der Waals surface area contributed by atoms with Gasteiger partial charge in [0.05, 0.1) is 28.5 Å². The molecule has 1 unspecified atom stereocenters. The smallest absolute Gasteiger partial charge is 0.193 e. The minimum atomic E-state index is -0.902. The SMILES string of the molecule is O=C(c1cscn1)C12Cc3cnn(-c4ccc(F)cc4)c3C=C1CCN(Sc1ccc(F)c(F)c1)C2. The number of benzene rings is 2. The first kappa shape index (κ1) is 23.2. The van der Waals surface area contributed by atoms with E-state index in [0.717, 1.165) is 28.6 Å². The van der Waals surface area contributed by atoms with Gasteiger partial charge in [-0.2, -0.15) is 5.10 Å². The van der Waals surface area contributed by atoms with Crippen molar-refractivity contribution in [3.63, 3.8) is 0 Å². The fraction of sp³-hybridized carbons (Fsp3) is 0.192. The van der Waals surface area contributed by atoms with Crippen LogP contribution in [-0.2, 0) is 6.42 Å². The number of thiazole rings is 1. The van der Waals surface area contributed by atoms with Crippen LogP contribution in [0.25, 0.3) is 11.8 Å². The van der Waals surface area contributed by atoms with Gasteiger partial charge in [0.1, 0.15) is 11.5 Å². The number of halogens is 3. The summed E-state index contributed by atoms with van der Waals surface area (Å²) in [6, 6.07) is 9.95. The molecule has 0 radical (unpaired) electrons. The summed E-state index contributed by atoms with van der Waals surface area (Å²) < 4.78 is 44.5. The number of piperidine rings is 1. The lowest BCUT2D eigenvalue weighted by atomic mass is 9.65. The average Bonchev–Trinajstić information content (AvgIpc) is 3.55. The predicted molar refractivity (Wildman–Crippen MR) is 132 cm³/mol. The Morgan fingerprint density at radius 3 is 2.67 bits per heavy atom. The maximum absolute atomic E-state index is 13.9. The Kier molecular flexibility index (Phi) is 5.82. The fourth-order valence-corrected chi connectivity index (χ4v) is 6.52. The number of fused-ring (bicyclic) bond motifs is 2. The zero-order chi connectivity index (χ0) is 24.9. The quantitative estimate of drug-likeness (QED) is 0.238. The predicted octanol–water partition coefficient (Wildman–Crippen LogP) is 5.97. The number of hydrogen-bond acceptors (Lipinski definition) is 6. The molecule has 4 aromatic rings. The Labute approximate surface area is 213 Å². The van der Waals surface area contributed by atoms with E-state index >= 15 is 0 Å². The van der Waals surface area contributed by atoms with E-state index in [-0.39, 0.29) is 11.6 Å². The fourth-order valence-electron chi connectivity index (χ4n) is 4.93. The molecule has 1 saturated heterocycles. The van der Waals surface area contributed by atoms with Crippen molar-refractivity contribution in [2.45, 2.75) is 17.7 Å². The van der Waals surface area contributed by atoms with E-state index in [2.05, 4.69) is 10.1 Å². The van der Waals surface area contributed by atoms with Gasteiger partial charge in [-0.25, -0.2) is 27.1 Å². The third kappa shape index (κ3) is 3.99. The lowest BCUT2D eigenvalue weighted by Gasteiger charge is -2.44. The molecular weight excluding hydrogens is 505 g/mol. The summed E-state index contributed by atoms with van der Waals surface area (Å²) in [7, 11) is 0. The molecule has 2 aromatic carbocycles. The van der Waals surface area contributed by atoms with Crippen LogP contribution < -0.4 is 0 Å². The van der Waals surface area contributed by atoms with Crippen LogP contribution in [0.2, 0.25) is 0 Å². The average molecular weight is 525 g/mol. The van der Waals surface area contributed by atoms with E-state index in [1.807, 2.05) is 10.4 Å². The van der Waals surface area contributed by atoms with Crippen LogP contribution >= 0.6 is 23.3 Å². The van der Waals surface area contributed by atoms with E-state index in [9.17, 15) is 18.0 Å². The third-order valence-corrected chi connectivity index (χ3v) is 8.30. The summed E-state index contributed by atoms with van der Waals surface area (Å²) in [5.41, 5.74) is 4.70. The minimum absolute atomic E-state index is 0.0641. The maximum Gasteiger partial charge on any atom is 0.193 e. The normalized spacial score (nSPS) is 19.5. The van der Waals surface area contributed by atoms with Gasteiger partial charge in [-0.1, -0.05) is 5.57 Å². The van der Waals surface area contributed by atoms with Crippen molar-refractivity contribution in [2.24, 2.45) is 5.41 Å². The Balaban J connectivity index is 1.38. The number of nitrogens with zero attached hydrogens (tertiary/aromatic N) is 4. The largest absolute Gasteiger partial charge is 0.291 e. The van der Waals surface area contributed by atoms with Gasteiger partial charge in [-0.05, 0) is 78.9 Å². The summed E-state index contributed by atoms with van der Waals surface area (Å²) in [6.45, 7) is 1.02. The highest BCUT2D eigenvalue weighted by molar-refractivity contribution is 7.97. The van der Waals surface area contributed by atoms with Crippen molar-refractivity contribution in [3.8, 4) is 5.69 Å². The van der Waals surface area contributed by atoms with Crippen molar-refractivity contribution in [2.75, 3.05) is 13.1 Å². The molecule has 3 heterocycles. The van der Waals surface area contributed by atoms with Gasteiger partial charge >= 0.3 is 0 Å². The van der Waals surface area contributed by atoms with Gasteiger partial charge in [0.15, 0.2) is 17.4 Å². The molecule has 0 amide bonds. The molecular formula is C26H19F3N4OS2. The van der Waals surface area contributed by atoms with E-state index in [1.54, 1.807) is 33.9 Å². The van der Waals surface area contributed by atoms with E-state index in [4.69, 9.17) is 0 Å².